The van der Waals surface area contributed by atoms with Gasteiger partial charge in [-0.25, -0.2) is 0 Å². The van der Waals surface area contributed by atoms with Crippen molar-refractivity contribution in [2.45, 2.75) is 0 Å². The predicted molar refractivity (Wildman–Crippen MR) is 39.6 cm³/mol. The zero-order chi connectivity index (χ0) is 8.43. The van der Waals surface area contributed by atoms with E-state index in [-0.39, 0.29) is 0 Å². The lowest BCUT2D eigenvalue weighted by Crippen LogP contribution is -2.26. The first-order chi connectivity index (χ1) is 5.13. The lowest BCUT2D eigenvalue weighted by molar-refractivity contribution is -0.132. The van der Waals surface area contributed by atoms with Crippen molar-refractivity contribution in [2.24, 2.45) is 0 Å². The lowest BCUT2D eigenvalue weighted by Gasteiger charge is -2.15. The molecule has 0 N–H and O–H groups in total. The average molecular weight is 150 g/mol. The maximum Gasteiger partial charge on any atom is 0.249 e. The zero-order valence-corrected chi connectivity index (χ0v) is 6.42. The topological polar surface area (TPSA) is 37.4 Å². The predicted octanol–water partition coefficient (Wildman–Crippen LogP) is -0.0569. The molecule has 0 aromatic heterocycles. The van der Waals surface area contributed by atoms with E-state index in [2.05, 4.69) is 6.08 Å². The van der Waals surface area contributed by atoms with Gasteiger partial charge in [0.1, 0.15) is 0 Å². The molecule has 1 aliphatic carbocycles. The van der Waals surface area contributed by atoms with E-state index in [1.165, 1.54) is 6.08 Å². The van der Waals surface area contributed by atoms with Crippen LogP contribution in [0.25, 0.3) is 0 Å². The number of hydrogen-bond acceptors (Lipinski definition) is 3. The molecule has 0 aromatic rings. The fraction of sp³-hybridized carbons (Fsp3) is 0.250. The first kappa shape index (κ1) is 7.72. The van der Waals surface area contributed by atoms with Crippen molar-refractivity contribution in [1.82, 2.24) is 4.90 Å². The monoisotopic (exact) mass is 150 g/mol. The van der Waals surface area contributed by atoms with Gasteiger partial charge in [0.2, 0.25) is 11.6 Å². The second-order valence-corrected chi connectivity index (χ2v) is 2.42. The van der Waals surface area contributed by atoms with E-state index in [9.17, 15) is 9.59 Å². The number of nitrogens with zero attached hydrogens (tertiary/aromatic N) is 1. The number of allylic oxidation sites excluding steroid dienone is 4. The Kier molecular flexibility index (Phi) is 1.89. The molecule has 0 spiro atoms. The van der Waals surface area contributed by atoms with Crippen LogP contribution in [0.5, 0.6) is 0 Å². The van der Waals surface area contributed by atoms with E-state index in [0.29, 0.717) is 5.70 Å². The molecule has 0 amide bonds. The van der Waals surface area contributed by atoms with E-state index in [4.69, 9.17) is 0 Å². The molecule has 1 radical (unpaired) electrons. The molecule has 0 aliphatic heterocycles. The summed E-state index contributed by atoms with van der Waals surface area (Å²) in [4.78, 5) is 23.4. The molecule has 0 fully saturated rings. The number of carbonyl (C=O) groups excluding carboxylic acids is 2. The summed E-state index contributed by atoms with van der Waals surface area (Å²) in [5, 5.41) is 0. The fourth-order valence-electron chi connectivity index (χ4n) is 0.806. The van der Waals surface area contributed by atoms with Gasteiger partial charge in [0.05, 0.1) is 5.70 Å². The first-order valence-corrected chi connectivity index (χ1v) is 3.19. The van der Waals surface area contributed by atoms with Crippen LogP contribution in [0.3, 0.4) is 0 Å². The standard InChI is InChI=1S/C8H8NO2/c1-9(2)6-4-3-5-7(10)8(6)11/h3-4H,1-2H3. The number of ketones is 2. The second-order valence-electron chi connectivity index (χ2n) is 2.42. The molecular formula is C8H8NO2. The van der Waals surface area contributed by atoms with E-state index in [1.807, 2.05) is 0 Å². The minimum absolute atomic E-state index is 0.411. The molecule has 11 heavy (non-hydrogen) atoms. The number of likely N-dealkylation sites (N-methyl/N-ethyl adjacent to an activating group) is 1. The average Bonchev–Trinajstić information content (AvgIpc) is 1.94. The summed E-state index contributed by atoms with van der Waals surface area (Å²) in [6.07, 6.45) is 5.33. The third-order valence-electron chi connectivity index (χ3n) is 1.38. The molecule has 0 bridgehead atoms. The number of Topliss-reactive ketones (excluding diaryl/α,β-unsaturated/α-hetero) is 2. The molecule has 1 rings (SSSR count). The number of carbonyl (C=O) groups is 2. The lowest BCUT2D eigenvalue weighted by atomic mass is 10.1. The van der Waals surface area contributed by atoms with Crippen molar-refractivity contribution in [3.8, 4) is 0 Å². The number of hydrogen-bond donors (Lipinski definition) is 0. The van der Waals surface area contributed by atoms with Gasteiger partial charge in [0.15, 0.2) is 0 Å². The van der Waals surface area contributed by atoms with Gasteiger partial charge in [-0.2, -0.15) is 0 Å². The maximum atomic E-state index is 11.0. The van der Waals surface area contributed by atoms with Crippen LogP contribution in [-0.2, 0) is 9.59 Å². The van der Waals surface area contributed by atoms with Crippen molar-refractivity contribution in [3.63, 3.8) is 0 Å². The Morgan fingerprint density at radius 1 is 1.36 bits per heavy atom. The minimum atomic E-state index is -0.573. The van der Waals surface area contributed by atoms with Crippen LogP contribution >= 0.6 is 0 Å². The summed E-state index contributed by atoms with van der Waals surface area (Å²) in [6, 6.07) is 0. The van der Waals surface area contributed by atoms with Gasteiger partial charge in [-0.1, -0.05) is 0 Å². The Labute approximate surface area is 65.0 Å². The molecule has 0 unspecified atom stereocenters. The molecule has 0 heterocycles. The molecule has 3 nitrogen and oxygen atoms in total. The van der Waals surface area contributed by atoms with Crippen molar-refractivity contribution in [1.29, 1.82) is 0 Å². The molecule has 57 valence electrons. The molecule has 1 aliphatic rings. The zero-order valence-electron chi connectivity index (χ0n) is 6.42. The minimum Gasteiger partial charge on any atom is -0.374 e. The largest absolute Gasteiger partial charge is 0.374 e. The summed E-state index contributed by atoms with van der Waals surface area (Å²) < 4.78 is 0. The normalized spacial score (nSPS) is 16.7. The Morgan fingerprint density at radius 2 is 2.00 bits per heavy atom. The third kappa shape index (κ3) is 1.37. The molecular weight excluding hydrogens is 142 g/mol. The van der Waals surface area contributed by atoms with Gasteiger partial charge < -0.3 is 4.90 Å². The summed E-state index contributed by atoms with van der Waals surface area (Å²) >= 11 is 0. The van der Waals surface area contributed by atoms with Gasteiger partial charge in [0.25, 0.3) is 0 Å². The highest BCUT2D eigenvalue weighted by Crippen LogP contribution is 2.06. The van der Waals surface area contributed by atoms with Crippen LogP contribution in [0.2, 0.25) is 0 Å². The molecule has 0 aromatic carbocycles. The molecule has 0 saturated heterocycles. The van der Waals surface area contributed by atoms with Gasteiger partial charge in [0, 0.05) is 20.2 Å². The molecule has 0 atom stereocenters. The van der Waals surface area contributed by atoms with Crippen LogP contribution < -0.4 is 0 Å². The quantitative estimate of drug-likeness (QED) is 0.388. The van der Waals surface area contributed by atoms with Crippen LogP contribution in [0, 0.1) is 6.08 Å². The molecule has 0 saturated carbocycles. The van der Waals surface area contributed by atoms with E-state index in [1.54, 1.807) is 25.1 Å². The molecule has 3 heteroatoms. The third-order valence-corrected chi connectivity index (χ3v) is 1.38. The van der Waals surface area contributed by atoms with Gasteiger partial charge >= 0.3 is 0 Å². The number of rotatable bonds is 1. The SMILES string of the molecule is CN(C)C1=CC=[C]C(=O)C1=O. The first-order valence-electron chi connectivity index (χ1n) is 3.19. The summed E-state index contributed by atoms with van der Waals surface area (Å²) in [5.74, 6) is -1.06. The van der Waals surface area contributed by atoms with Crippen molar-refractivity contribution in [2.75, 3.05) is 14.1 Å². The van der Waals surface area contributed by atoms with Crippen LogP contribution in [0.15, 0.2) is 17.8 Å². The Balaban J connectivity index is 2.96. The Hall–Kier alpha value is -1.38. The highest BCUT2D eigenvalue weighted by molar-refractivity contribution is 6.46. The van der Waals surface area contributed by atoms with E-state index >= 15 is 0 Å². The van der Waals surface area contributed by atoms with E-state index in [0.717, 1.165) is 0 Å². The van der Waals surface area contributed by atoms with Crippen LogP contribution in [-0.4, -0.2) is 30.6 Å². The Morgan fingerprint density at radius 3 is 2.45 bits per heavy atom. The van der Waals surface area contributed by atoms with Crippen LogP contribution in [0.1, 0.15) is 0 Å². The highest BCUT2D eigenvalue weighted by Gasteiger charge is 2.20. The maximum absolute atomic E-state index is 11.0. The van der Waals surface area contributed by atoms with Gasteiger partial charge in [-0.05, 0) is 12.2 Å². The highest BCUT2D eigenvalue weighted by atomic mass is 16.2. The van der Waals surface area contributed by atoms with Gasteiger partial charge in [-0.3, -0.25) is 9.59 Å². The van der Waals surface area contributed by atoms with Crippen molar-refractivity contribution in [3.05, 3.63) is 23.9 Å². The smallest absolute Gasteiger partial charge is 0.249 e. The van der Waals surface area contributed by atoms with E-state index < -0.39 is 11.6 Å². The van der Waals surface area contributed by atoms with Crippen LogP contribution in [0.4, 0.5) is 0 Å². The van der Waals surface area contributed by atoms with Crippen molar-refractivity contribution >= 4 is 11.6 Å². The second kappa shape index (κ2) is 2.70. The van der Waals surface area contributed by atoms with Crippen molar-refractivity contribution < 1.29 is 9.59 Å². The summed E-state index contributed by atoms with van der Waals surface area (Å²) in [7, 11) is 3.44. The summed E-state index contributed by atoms with van der Waals surface area (Å²) in [6.45, 7) is 0. The summed E-state index contributed by atoms with van der Waals surface area (Å²) in [5.41, 5.74) is 0.411. The Bertz CT molecular complexity index is 261. The van der Waals surface area contributed by atoms with Gasteiger partial charge in [-0.15, -0.1) is 0 Å². The fourth-order valence-corrected chi connectivity index (χ4v) is 0.806.